The van der Waals surface area contributed by atoms with E-state index in [0.717, 1.165) is 25.9 Å². The summed E-state index contributed by atoms with van der Waals surface area (Å²) in [5.74, 6) is -2.23. The van der Waals surface area contributed by atoms with Crippen LogP contribution in [-0.2, 0) is 19.1 Å². The second-order valence-electron chi connectivity index (χ2n) is 5.40. The minimum Gasteiger partial charge on any atom is -0.478 e. The summed E-state index contributed by atoms with van der Waals surface area (Å²) in [6.45, 7) is 3.98. The number of carboxylic acid groups (broad SMARTS) is 2. The van der Waals surface area contributed by atoms with E-state index < -0.39 is 11.9 Å². The van der Waals surface area contributed by atoms with Gasteiger partial charge in [0.1, 0.15) is 6.10 Å². The molecule has 0 bridgehead atoms. The van der Waals surface area contributed by atoms with Gasteiger partial charge in [-0.2, -0.15) is 0 Å². The molecule has 7 nitrogen and oxygen atoms in total. The van der Waals surface area contributed by atoms with Crippen LogP contribution in [0.5, 0.6) is 0 Å². The second kappa shape index (κ2) is 7.33. The van der Waals surface area contributed by atoms with Gasteiger partial charge in [-0.15, -0.1) is 0 Å². The van der Waals surface area contributed by atoms with Crippen LogP contribution in [0.2, 0.25) is 0 Å². The molecule has 0 aromatic carbocycles. The molecule has 2 aliphatic rings. The molecule has 2 aliphatic heterocycles. The number of hydrogen-bond donors (Lipinski definition) is 2. The summed E-state index contributed by atoms with van der Waals surface area (Å²) in [5, 5.41) is 15.6. The summed E-state index contributed by atoms with van der Waals surface area (Å²) in [6, 6.07) is 0. The molecule has 0 aliphatic carbocycles. The molecule has 0 saturated carbocycles. The molecular weight excluding hydrogens is 278 g/mol. The van der Waals surface area contributed by atoms with Crippen molar-refractivity contribution in [1.29, 1.82) is 0 Å². The Balaban J connectivity index is 0.000000240. The third kappa shape index (κ3) is 5.65. The largest absolute Gasteiger partial charge is 0.478 e. The maximum Gasteiger partial charge on any atom is 0.328 e. The Hall–Kier alpha value is -1.73. The predicted molar refractivity (Wildman–Crippen MR) is 74.0 cm³/mol. The van der Waals surface area contributed by atoms with Crippen molar-refractivity contribution in [3.05, 3.63) is 12.2 Å². The van der Waals surface area contributed by atoms with Crippen molar-refractivity contribution in [2.24, 2.45) is 0 Å². The number of Topliss-reactive ketones (excluding diaryl/α,β-unsaturated/α-hetero) is 1. The maximum atomic E-state index is 11.4. The minimum absolute atomic E-state index is 0.0942. The Morgan fingerprint density at radius 3 is 2.05 bits per heavy atom. The first-order valence-corrected chi connectivity index (χ1v) is 6.77. The molecule has 118 valence electrons. The monoisotopic (exact) mass is 299 g/mol. The molecule has 1 atom stereocenters. The lowest BCUT2D eigenvalue weighted by Gasteiger charge is -2.36. The first-order valence-electron chi connectivity index (χ1n) is 6.77. The van der Waals surface area contributed by atoms with Crippen LogP contribution >= 0.6 is 0 Å². The standard InChI is InChI=1S/C10H17NO2.C4H4O4/c1-8-9(12)7-10(13-8)3-5-11(2)6-4-10;5-3(6)1-2-4(7)8/h8H,3-7H2,1-2H3;1-2H,(H,5,6)(H,7,8)/b;2-1-. The van der Waals surface area contributed by atoms with Gasteiger partial charge in [0.2, 0.25) is 0 Å². The Morgan fingerprint density at radius 2 is 1.71 bits per heavy atom. The highest BCUT2D eigenvalue weighted by Crippen LogP contribution is 2.36. The predicted octanol–water partition coefficient (Wildman–Crippen LogP) is 0.541. The van der Waals surface area contributed by atoms with E-state index in [1.54, 1.807) is 0 Å². The van der Waals surface area contributed by atoms with Gasteiger partial charge in [0.25, 0.3) is 0 Å². The quantitative estimate of drug-likeness (QED) is 0.717. The van der Waals surface area contributed by atoms with E-state index in [2.05, 4.69) is 11.9 Å². The summed E-state index contributed by atoms with van der Waals surface area (Å²) in [4.78, 5) is 32.8. The molecule has 2 heterocycles. The lowest BCUT2D eigenvalue weighted by Crippen LogP contribution is -2.42. The van der Waals surface area contributed by atoms with E-state index in [0.29, 0.717) is 18.6 Å². The van der Waals surface area contributed by atoms with Crippen molar-refractivity contribution >= 4 is 17.7 Å². The number of nitrogens with zero attached hydrogens (tertiary/aromatic N) is 1. The Kier molecular flexibility index (Phi) is 6.04. The lowest BCUT2D eigenvalue weighted by atomic mass is 9.88. The van der Waals surface area contributed by atoms with E-state index in [1.165, 1.54) is 0 Å². The highest BCUT2D eigenvalue weighted by Gasteiger charge is 2.44. The molecule has 0 amide bonds. The first-order chi connectivity index (χ1) is 9.74. The fourth-order valence-corrected chi connectivity index (χ4v) is 2.41. The van der Waals surface area contributed by atoms with E-state index >= 15 is 0 Å². The normalized spacial score (nSPS) is 24.9. The van der Waals surface area contributed by atoms with E-state index in [4.69, 9.17) is 14.9 Å². The summed E-state index contributed by atoms with van der Waals surface area (Å²) in [5.41, 5.74) is -0.0942. The van der Waals surface area contributed by atoms with Gasteiger partial charge in [-0.1, -0.05) is 0 Å². The smallest absolute Gasteiger partial charge is 0.328 e. The van der Waals surface area contributed by atoms with Gasteiger partial charge < -0.3 is 19.8 Å². The number of carboxylic acids is 2. The van der Waals surface area contributed by atoms with E-state index in [9.17, 15) is 14.4 Å². The Morgan fingerprint density at radius 1 is 1.24 bits per heavy atom. The number of hydrogen-bond acceptors (Lipinski definition) is 5. The molecule has 2 rings (SSSR count). The number of carbonyl (C=O) groups excluding carboxylic acids is 1. The number of ketones is 1. The van der Waals surface area contributed by atoms with Gasteiger partial charge in [-0.05, 0) is 26.8 Å². The van der Waals surface area contributed by atoms with Crippen molar-refractivity contribution in [3.63, 3.8) is 0 Å². The summed E-state index contributed by atoms with van der Waals surface area (Å²) < 4.78 is 5.77. The number of ether oxygens (including phenoxy) is 1. The molecule has 2 fully saturated rings. The van der Waals surface area contributed by atoms with Crippen LogP contribution in [0, 0.1) is 0 Å². The van der Waals surface area contributed by atoms with Crippen LogP contribution in [0.15, 0.2) is 12.2 Å². The molecule has 7 heteroatoms. The molecule has 2 saturated heterocycles. The number of carbonyl (C=O) groups is 3. The SMILES string of the molecule is CC1OC2(CCN(C)CC2)CC1=O.O=C(O)/C=C\C(=O)O. The molecule has 1 spiro atoms. The van der Waals surface area contributed by atoms with Gasteiger partial charge in [-0.25, -0.2) is 9.59 Å². The summed E-state index contributed by atoms with van der Waals surface area (Å²) in [7, 11) is 2.12. The highest BCUT2D eigenvalue weighted by molar-refractivity contribution is 5.89. The molecular formula is C14H21NO6. The molecule has 0 radical (unpaired) electrons. The third-order valence-corrected chi connectivity index (χ3v) is 3.64. The van der Waals surface area contributed by atoms with Crippen LogP contribution in [-0.4, -0.2) is 64.7 Å². The van der Waals surface area contributed by atoms with Crippen molar-refractivity contribution in [1.82, 2.24) is 4.90 Å². The zero-order chi connectivity index (χ0) is 16.0. The zero-order valence-corrected chi connectivity index (χ0v) is 12.2. The fraction of sp³-hybridized carbons (Fsp3) is 0.643. The van der Waals surface area contributed by atoms with Gasteiger partial charge in [0, 0.05) is 31.7 Å². The molecule has 2 N–H and O–H groups in total. The van der Waals surface area contributed by atoms with E-state index in [1.807, 2.05) is 6.92 Å². The van der Waals surface area contributed by atoms with Gasteiger partial charge in [0.05, 0.1) is 5.60 Å². The van der Waals surface area contributed by atoms with Crippen molar-refractivity contribution in [2.45, 2.75) is 37.9 Å². The number of aliphatic carboxylic acids is 2. The minimum atomic E-state index is -1.26. The van der Waals surface area contributed by atoms with Crippen LogP contribution < -0.4 is 0 Å². The molecule has 0 aromatic heterocycles. The van der Waals surface area contributed by atoms with Gasteiger partial charge in [-0.3, -0.25) is 4.79 Å². The molecule has 1 unspecified atom stereocenters. The molecule has 21 heavy (non-hydrogen) atoms. The molecule has 0 aromatic rings. The second-order valence-corrected chi connectivity index (χ2v) is 5.40. The maximum absolute atomic E-state index is 11.4. The average molecular weight is 299 g/mol. The number of rotatable bonds is 2. The van der Waals surface area contributed by atoms with Crippen molar-refractivity contribution in [3.8, 4) is 0 Å². The van der Waals surface area contributed by atoms with Crippen LogP contribution in [0.25, 0.3) is 0 Å². The Bertz CT molecular complexity index is 421. The average Bonchev–Trinajstić information content (AvgIpc) is 2.67. The topological polar surface area (TPSA) is 104 Å². The van der Waals surface area contributed by atoms with Crippen LogP contribution in [0.4, 0.5) is 0 Å². The summed E-state index contributed by atoms with van der Waals surface area (Å²) >= 11 is 0. The number of likely N-dealkylation sites (tertiary alicyclic amines) is 1. The highest BCUT2D eigenvalue weighted by atomic mass is 16.5. The fourth-order valence-electron chi connectivity index (χ4n) is 2.41. The third-order valence-electron chi connectivity index (χ3n) is 3.64. The van der Waals surface area contributed by atoms with Crippen molar-refractivity contribution < 1.29 is 29.3 Å². The van der Waals surface area contributed by atoms with Gasteiger partial charge in [0.15, 0.2) is 5.78 Å². The van der Waals surface area contributed by atoms with Crippen LogP contribution in [0.1, 0.15) is 26.2 Å². The van der Waals surface area contributed by atoms with Crippen LogP contribution in [0.3, 0.4) is 0 Å². The Labute approximate surface area is 123 Å². The van der Waals surface area contributed by atoms with Crippen molar-refractivity contribution in [2.75, 3.05) is 20.1 Å². The zero-order valence-electron chi connectivity index (χ0n) is 12.2. The number of piperidine rings is 1. The first kappa shape index (κ1) is 17.3. The van der Waals surface area contributed by atoms with E-state index in [-0.39, 0.29) is 17.5 Å². The van der Waals surface area contributed by atoms with Gasteiger partial charge >= 0.3 is 11.9 Å². The summed E-state index contributed by atoms with van der Waals surface area (Å²) in [6.07, 6.45) is 3.62. The lowest BCUT2D eigenvalue weighted by molar-refractivity contribution is -0.134.